The van der Waals surface area contributed by atoms with E-state index in [0.717, 1.165) is 19.4 Å². The Hall–Kier alpha value is -0.570. The van der Waals surface area contributed by atoms with Crippen LogP contribution in [-0.4, -0.2) is 24.5 Å². The molecule has 1 heterocycles. The van der Waals surface area contributed by atoms with Crippen LogP contribution in [0.1, 0.15) is 65.7 Å². The van der Waals surface area contributed by atoms with E-state index >= 15 is 0 Å². The van der Waals surface area contributed by atoms with Crippen LogP contribution in [0.25, 0.3) is 0 Å². The molecule has 0 aromatic rings. The fourth-order valence-corrected chi connectivity index (χ4v) is 3.81. The molecule has 1 amide bonds. The number of nitrogens with one attached hydrogen (secondary N) is 2. The van der Waals surface area contributed by atoms with Crippen molar-refractivity contribution in [2.24, 2.45) is 11.3 Å². The molecule has 3 unspecified atom stereocenters. The van der Waals surface area contributed by atoms with Gasteiger partial charge in [-0.25, -0.2) is 0 Å². The molecule has 0 radical (unpaired) electrons. The standard InChI is InChI=1S/C16H30N2O/c1-4-12-8-5-6-9-13(12)18-15(19)14-16(2,3)10-7-11-17-14/h12-14,17H,4-11H2,1-3H3,(H,18,19). The molecule has 0 bridgehead atoms. The molecule has 3 atom stereocenters. The first kappa shape index (κ1) is 14.8. The molecule has 2 aliphatic rings. The van der Waals surface area contributed by atoms with Crippen LogP contribution in [0.2, 0.25) is 0 Å². The molecule has 2 N–H and O–H groups in total. The van der Waals surface area contributed by atoms with Crippen LogP contribution in [0.4, 0.5) is 0 Å². The minimum atomic E-state index is -0.0133. The van der Waals surface area contributed by atoms with Crippen molar-refractivity contribution in [1.82, 2.24) is 10.6 Å². The third kappa shape index (κ3) is 3.50. The minimum absolute atomic E-state index is 0.0133. The van der Waals surface area contributed by atoms with Gasteiger partial charge in [-0.3, -0.25) is 4.79 Å². The highest BCUT2D eigenvalue weighted by molar-refractivity contribution is 5.83. The Kier molecular flexibility index (Phi) is 4.88. The first-order valence-corrected chi connectivity index (χ1v) is 8.08. The maximum absolute atomic E-state index is 12.6. The topological polar surface area (TPSA) is 41.1 Å². The van der Waals surface area contributed by atoms with Crippen molar-refractivity contribution in [3.63, 3.8) is 0 Å². The van der Waals surface area contributed by atoms with Crippen LogP contribution in [0.5, 0.6) is 0 Å². The van der Waals surface area contributed by atoms with Gasteiger partial charge >= 0.3 is 0 Å². The lowest BCUT2D eigenvalue weighted by molar-refractivity contribution is -0.128. The van der Waals surface area contributed by atoms with E-state index in [1.165, 1.54) is 32.1 Å². The van der Waals surface area contributed by atoms with Crippen molar-refractivity contribution in [2.45, 2.75) is 77.8 Å². The lowest BCUT2D eigenvalue weighted by atomic mass is 9.76. The predicted octanol–water partition coefficient (Wildman–Crippen LogP) is 2.85. The van der Waals surface area contributed by atoms with Crippen LogP contribution >= 0.6 is 0 Å². The lowest BCUT2D eigenvalue weighted by Gasteiger charge is -2.40. The summed E-state index contributed by atoms with van der Waals surface area (Å²) in [5, 5.41) is 6.76. The van der Waals surface area contributed by atoms with E-state index in [2.05, 4.69) is 31.4 Å². The molecule has 3 heteroatoms. The fraction of sp³-hybridized carbons (Fsp3) is 0.938. The zero-order valence-corrected chi connectivity index (χ0v) is 12.8. The Balaban J connectivity index is 1.95. The Morgan fingerprint density at radius 2 is 2.00 bits per heavy atom. The summed E-state index contributed by atoms with van der Waals surface area (Å²) in [6.45, 7) is 7.64. The minimum Gasteiger partial charge on any atom is -0.352 e. The van der Waals surface area contributed by atoms with E-state index in [1.807, 2.05) is 0 Å². The number of carbonyl (C=O) groups excluding carboxylic acids is 1. The third-order valence-corrected chi connectivity index (χ3v) is 5.15. The average molecular weight is 266 g/mol. The molecule has 3 nitrogen and oxygen atoms in total. The molecule has 19 heavy (non-hydrogen) atoms. The SMILES string of the molecule is CCC1CCCCC1NC(=O)C1NCCCC1(C)C. The molecule has 0 aromatic carbocycles. The van der Waals surface area contributed by atoms with Gasteiger partial charge in [0.15, 0.2) is 0 Å². The van der Waals surface area contributed by atoms with Crippen molar-refractivity contribution in [2.75, 3.05) is 6.54 Å². The van der Waals surface area contributed by atoms with Gasteiger partial charge in [0, 0.05) is 6.04 Å². The molecule has 1 saturated heterocycles. The van der Waals surface area contributed by atoms with Crippen LogP contribution < -0.4 is 10.6 Å². The van der Waals surface area contributed by atoms with Crippen LogP contribution in [0, 0.1) is 11.3 Å². The van der Waals surface area contributed by atoms with Crippen molar-refractivity contribution in [3.05, 3.63) is 0 Å². The van der Waals surface area contributed by atoms with Gasteiger partial charge in [0.25, 0.3) is 0 Å². The van der Waals surface area contributed by atoms with Crippen molar-refractivity contribution in [1.29, 1.82) is 0 Å². The van der Waals surface area contributed by atoms with E-state index in [-0.39, 0.29) is 17.4 Å². The Bertz CT molecular complexity index is 314. The number of carbonyl (C=O) groups is 1. The number of piperidine rings is 1. The van der Waals surface area contributed by atoms with E-state index in [4.69, 9.17) is 0 Å². The summed E-state index contributed by atoms with van der Waals surface area (Å²) in [6.07, 6.45) is 8.55. The van der Waals surface area contributed by atoms with E-state index in [0.29, 0.717) is 12.0 Å². The first-order chi connectivity index (χ1) is 9.04. The van der Waals surface area contributed by atoms with Gasteiger partial charge in [0.2, 0.25) is 5.91 Å². The second-order valence-corrected chi connectivity index (χ2v) is 7.05. The van der Waals surface area contributed by atoms with Crippen LogP contribution in [0.15, 0.2) is 0 Å². The number of hydrogen-bond donors (Lipinski definition) is 2. The normalized spacial score (nSPS) is 34.8. The van der Waals surface area contributed by atoms with Gasteiger partial charge in [-0.05, 0) is 43.6 Å². The smallest absolute Gasteiger partial charge is 0.237 e. The van der Waals surface area contributed by atoms with Gasteiger partial charge in [-0.15, -0.1) is 0 Å². The summed E-state index contributed by atoms with van der Waals surface area (Å²) in [7, 11) is 0. The highest BCUT2D eigenvalue weighted by Crippen LogP contribution is 2.31. The monoisotopic (exact) mass is 266 g/mol. The highest BCUT2D eigenvalue weighted by Gasteiger charge is 2.38. The molecule has 2 fully saturated rings. The number of amides is 1. The van der Waals surface area contributed by atoms with Crippen molar-refractivity contribution < 1.29 is 4.79 Å². The summed E-state index contributed by atoms with van der Waals surface area (Å²) >= 11 is 0. The Morgan fingerprint density at radius 3 is 2.68 bits per heavy atom. The Morgan fingerprint density at radius 1 is 1.26 bits per heavy atom. The van der Waals surface area contributed by atoms with E-state index < -0.39 is 0 Å². The van der Waals surface area contributed by atoms with Gasteiger partial charge in [-0.2, -0.15) is 0 Å². The molecule has 0 aromatic heterocycles. The van der Waals surface area contributed by atoms with Crippen LogP contribution in [0.3, 0.4) is 0 Å². The van der Waals surface area contributed by atoms with Crippen molar-refractivity contribution >= 4 is 5.91 Å². The summed E-state index contributed by atoms with van der Waals surface area (Å²) in [5.74, 6) is 0.916. The second-order valence-electron chi connectivity index (χ2n) is 7.05. The molecule has 2 rings (SSSR count). The maximum atomic E-state index is 12.6. The van der Waals surface area contributed by atoms with Crippen molar-refractivity contribution in [3.8, 4) is 0 Å². The predicted molar refractivity (Wildman–Crippen MR) is 79.0 cm³/mol. The zero-order chi connectivity index (χ0) is 13.9. The third-order valence-electron chi connectivity index (χ3n) is 5.15. The van der Waals surface area contributed by atoms with Gasteiger partial charge in [-0.1, -0.05) is 40.0 Å². The zero-order valence-electron chi connectivity index (χ0n) is 12.8. The number of hydrogen-bond acceptors (Lipinski definition) is 2. The second kappa shape index (κ2) is 6.25. The van der Waals surface area contributed by atoms with Gasteiger partial charge < -0.3 is 10.6 Å². The first-order valence-electron chi connectivity index (χ1n) is 8.08. The number of rotatable bonds is 3. The lowest BCUT2D eigenvalue weighted by Crippen LogP contribution is -2.58. The van der Waals surface area contributed by atoms with Gasteiger partial charge in [0.05, 0.1) is 6.04 Å². The van der Waals surface area contributed by atoms with Gasteiger partial charge in [0.1, 0.15) is 0 Å². The fourth-order valence-electron chi connectivity index (χ4n) is 3.81. The average Bonchev–Trinajstić information content (AvgIpc) is 2.38. The summed E-state index contributed by atoms with van der Waals surface area (Å²) < 4.78 is 0. The molecule has 1 saturated carbocycles. The van der Waals surface area contributed by atoms with E-state index in [1.54, 1.807) is 0 Å². The summed E-state index contributed by atoms with van der Waals surface area (Å²) in [6, 6.07) is 0.395. The Labute approximate surface area is 117 Å². The molecule has 110 valence electrons. The molecule has 1 aliphatic carbocycles. The quantitative estimate of drug-likeness (QED) is 0.824. The molecular weight excluding hydrogens is 236 g/mol. The molecular formula is C16H30N2O. The maximum Gasteiger partial charge on any atom is 0.237 e. The summed E-state index contributed by atoms with van der Waals surface area (Å²) in [5.41, 5.74) is 0.0821. The molecule has 1 aliphatic heterocycles. The largest absolute Gasteiger partial charge is 0.352 e. The van der Waals surface area contributed by atoms with Crippen LogP contribution in [-0.2, 0) is 4.79 Å². The summed E-state index contributed by atoms with van der Waals surface area (Å²) in [4.78, 5) is 12.6. The highest BCUT2D eigenvalue weighted by atomic mass is 16.2. The van der Waals surface area contributed by atoms with E-state index in [9.17, 15) is 4.79 Å². The molecule has 0 spiro atoms.